The van der Waals surface area contributed by atoms with Crippen molar-refractivity contribution >= 4 is 15.7 Å². The fourth-order valence-corrected chi connectivity index (χ4v) is 3.78. The molecule has 0 fully saturated rings. The van der Waals surface area contributed by atoms with Gasteiger partial charge in [-0.05, 0) is 44.5 Å². The summed E-state index contributed by atoms with van der Waals surface area (Å²) in [6.07, 6.45) is 3.04. The van der Waals surface area contributed by atoms with Crippen LogP contribution in [0.4, 0.5) is 5.69 Å². The van der Waals surface area contributed by atoms with Crippen molar-refractivity contribution in [2.75, 3.05) is 18.9 Å². The SMILES string of the molecule is CCCCCN(C(C)C)S(=O)(=O)c1ccc(NC)cc1. The van der Waals surface area contributed by atoms with E-state index in [-0.39, 0.29) is 6.04 Å². The predicted octanol–water partition coefficient (Wildman–Crippen LogP) is 3.32. The first-order chi connectivity index (χ1) is 9.43. The summed E-state index contributed by atoms with van der Waals surface area (Å²) >= 11 is 0. The van der Waals surface area contributed by atoms with Crippen LogP contribution in [-0.4, -0.2) is 32.4 Å². The monoisotopic (exact) mass is 298 g/mol. The lowest BCUT2D eigenvalue weighted by molar-refractivity contribution is 0.345. The Bertz CT molecular complexity index is 495. The molecule has 1 aromatic rings. The summed E-state index contributed by atoms with van der Waals surface area (Å²) in [4.78, 5) is 0.363. The van der Waals surface area contributed by atoms with Crippen molar-refractivity contribution in [2.45, 2.75) is 51.0 Å². The lowest BCUT2D eigenvalue weighted by atomic mass is 10.2. The molecule has 0 amide bonds. The summed E-state index contributed by atoms with van der Waals surface area (Å²) in [6, 6.07) is 6.88. The highest BCUT2D eigenvalue weighted by atomic mass is 32.2. The molecule has 114 valence electrons. The van der Waals surface area contributed by atoms with Gasteiger partial charge in [-0.2, -0.15) is 4.31 Å². The molecule has 0 atom stereocenters. The van der Waals surface area contributed by atoms with E-state index in [0.717, 1.165) is 24.9 Å². The summed E-state index contributed by atoms with van der Waals surface area (Å²) in [7, 11) is -1.59. The Balaban J connectivity index is 2.96. The molecule has 0 aliphatic heterocycles. The van der Waals surface area contributed by atoms with Gasteiger partial charge in [-0.15, -0.1) is 0 Å². The number of unbranched alkanes of at least 4 members (excludes halogenated alkanes) is 2. The van der Waals surface area contributed by atoms with E-state index in [1.165, 1.54) is 0 Å². The van der Waals surface area contributed by atoms with Crippen molar-refractivity contribution in [2.24, 2.45) is 0 Å². The van der Waals surface area contributed by atoms with Gasteiger partial charge in [0.2, 0.25) is 10.0 Å². The third kappa shape index (κ3) is 4.21. The molecule has 4 nitrogen and oxygen atoms in total. The maximum atomic E-state index is 12.7. The van der Waals surface area contributed by atoms with Gasteiger partial charge in [-0.25, -0.2) is 8.42 Å². The van der Waals surface area contributed by atoms with Crippen LogP contribution in [0.25, 0.3) is 0 Å². The fraction of sp³-hybridized carbons (Fsp3) is 0.600. The maximum Gasteiger partial charge on any atom is 0.243 e. The Hall–Kier alpha value is -1.07. The second-order valence-corrected chi connectivity index (χ2v) is 7.08. The maximum absolute atomic E-state index is 12.7. The summed E-state index contributed by atoms with van der Waals surface area (Å²) in [5.41, 5.74) is 0.908. The molecular weight excluding hydrogens is 272 g/mol. The van der Waals surface area contributed by atoms with Crippen molar-refractivity contribution in [3.8, 4) is 0 Å². The molecule has 0 saturated carbocycles. The average molecular weight is 298 g/mol. The van der Waals surface area contributed by atoms with Gasteiger partial charge in [0.1, 0.15) is 0 Å². The van der Waals surface area contributed by atoms with Crippen LogP contribution in [0.5, 0.6) is 0 Å². The Kier molecular flexibility index (Phi) is 6.49. The average Bonchev–Trinajstić information content (AvgIpc) is 2.43. The van der Waals surface area contributed by atoms with Crippen LogP contribution < -0.4 is 5.32 Å². The zero-order valence-electron chi connectivity index (χ0n) is 12.9. The number of sulfonamides is 1. The number of benzene rings is 1. The van der Waals surface area contributed by atoms with Gasteiger partial charge >= 0.3 is 0 Å². The molecule has 1 aromatic carbocycles. The second-order valence-electron chi connectivity index (χ2n) is 5.19. The van der Waals surface area contributed by atoms with E-state index in [9.17, 15) is 8.42 Å². The Morgan fingerprint density at radius 1 is 1.15 bits per heavy atom. The van der Waals surface area contributed by atoms with Gasteiger partial charge in [-0.3, -0.25) is 0 Å². The van der Waals surface area contributed by atoms with Crippen molar-refractivity contribution < 1.29 is 8.42 Å². The van der Waals surface area contributed by atoms with Gasteiger partial charge in [0.05, 0.1) is 4.90 Å². The van der Waals surface area contributed by atoms with Gasteiger partial charge in [-0.1, -0.05) is 19.8 Å². The van der Waals surface area contributed by atoms with Crippen molar-refractivity contribution in [3.05, 3.63) is 24.3 Å². The molecule has 1 rings (SSSR count). The molecular formula is C15H26N2O2S. The van der Waals surface area contributed by atoms with Crippen LogP contribution in [-0.2, 0) is 10.0 Å². The molecule has 0 radical (unpaired) electrons. The molecule has 0 aromatic heterocycles. The molecule has 0 spiro atoms. The van der Waals surface area contributed by atoms with Crippen LogP contribution >= 0.6 is 0 Å². The summed E-state index contributed by atoms with van der Waals surface area (Å²) in [5, 5.41) is 2.99. The summed E-state index contributed by atoms with van der Waals surface area (Å²) in [6.45, 7) is 6.54. The summed E-state index contributed by atoms with van der Waals surface area (Å²) in [5.74, 6) is 0. The highest BCUT2D eigenvalue weighted by Gasteiger charge is 2.26. The molecule has 20 heavy (non-hydrogen) atoms. The molecule has 1 N–H and O–H groups in total. The lowest BCUT2D eigenvalue weighted by Crippen LogP contribution is -2.37. The van der Waals surface area contributed by atoms with E-state index < -0.39 is 10.0 Å². The zero-order valence-corrected chi connectivity index (χ0v) is 13.7. The topological polar surface area (TPSA) is 49.4 Å². The minimum atomic E-state index is -3.40. The Labute approximate surface area is 123 Å². The van der Waals surface area contributed by atoms with E-state index in [4.69, 9.17) is 0 Å². The fourth-order valence-electron chi connectivity index (χ4n) is 2.10. The van der Waals surface area contributed by atoms with Crippen LogP contribution in [0.15, 0.2) is 29.2 Å². The molecule has 0 bridgehead atoms. The van der Waals surface area contributed by atoms with E-state index in [1.54, 1.807) is 28.6 Å². The smallest absolute Gasteiger partial charge is 0.243 e. The van der Waals surface area contributed by atoms with E-state index in [0.29, 0.717) is 11.4 Å². The van der Waals surface area contributed by atoms with Crippen molar-refractivity contribution in [1.82, 2.24) is 4.31 Å². The number of nitrogens with zero attached hydrogens (tertiary/aromatic N) is 1. The first kappa shape index (κ1) is 17.0. The third-order valence-corrected chi connectivity index (χ3v) is 5.40. The molecule has 0 heterocycles. The molecule has 0 saturated heterocycles. The number of hydrogen-bond acceptors (Lipinski definition) is 3. The molecule has 0 aliphatic carbocycles. The minimum Gasteiger partial charge on any atom is -0.388 e. The largest absolute Gasteiger partial charge is 0.388 e. The van der Waals surface area contributed by atoms with Gasteiger partial charge in [0.25, 0.3) is 0 Å². The summed E-state index contributed by atoms with van der Waals surface area (Å²) < 4.78 is 26.9. The number of nitrogens with one attached hydrogen (secondary N) is 1. The zero-order chi connectivity index (χ0) is 15.2. The number of hydrogen-bond donors (Lipinski definition) is 1. The van der Waals surface area contributed by atoms with Gasteiger partial charge in [0, 0.05) is 25.3 Å². The van der Waals surface area contributed by atoms with Gasteiger partial charge in [0.15, 0.2) is 0 Å². The Morgan fingerprint density at radius 3 is 2.20 bits per heavy atom. The first-order valence-electron chi connectivity index (χ1n) is 7.23. The molecule has 5 heteroatoms. The number of anilines is 1. The third-order valence-electron chi connectivity index (χ3n) is 3.31. The van der Waals surface area contributed by atoms with Crippen LogP contribution in [0.3, 0.4) is 0 Å². The van der Waals surface area contributed by atoms with Crippen LogP contribution in [0.1, 0.15) is 40.0 Å². The van der Waals surface area contributed by atoms with Crippen LogP contribution in [0.2, 0.25) is 0 Å². The normalized spacial score (nSPS) is 12.1. The predicted molar refractivity (Wildman–Crippen MR) is 84.5 cm³/mol. The second kappa shape index (κ2) is 7.64. The van der Waals surface area contributed by atoms with Crippen LogP contribution in [0, 0.1) is 0 Å². The lowest BCUT2D eigenvalue weighted by Gasteiger charge is -2.26. The minimum absolute atomic E-state index is 0.0270. The highest BCUT2D eigenvalue weighted by Crippen LogP contribution is 2.21. The number of rotatable bonds is 8. The van der Waals surface area contributed by atoms with E-state index in [2.05, 4.69) is 12.2 Å². The first-order valence-corrected chi connectivity index (χ1v) is 8.67. The highest BCUT2D eigenvalue weighted by molar-refractivity contribution is 7.89. The molecule has 0 unspecified atom stereocenters. The van der Waals surface area contributed by atoms with E-state index >= 15 is 0 Å². The van der Waals surface area contributed by atoms with Crippen molar-refractivity contribution in [1.29, 1.82) is 0 Å². The Morgan fingerprint density at radius 2 is 1.75 bits per heavy atom. The van der Waals surface area contributed by atoms with Crippen molar-refractivity contribution in [3.63, 3.8) is 0 Å². The molecule has 0 aliphatic rings. The van der Waals surface area contributed by atoms with E-state index in [1.807, 2.05) is 20.9 Å². The quantitative estimate of drug-likeness (QED) is 0.749. The standard InChI is InChI=1S/C15H26N2O2S/c1-5-6-7-12-17(13(2)3)20(18,19)15-10-8-14(16-4)9-11-15/h8-11,13,16H,5-7,12H2,1-4H3. The van der Waals surface area contributed by atoms with Gasteiger partial charge < -0.3 is 5.32 Å².